The first kappa shape index (κ1) is 12.4. The Bertz CT molecular complexity index is 170. The summed E-state index contributed by atoms with van der Waals surface area (Å²) in [5.41, 5.74) is 0.0647. The van der Waals surface area contributed by atoms with Gasteiger partial charge in [-0.1, -0.05) is 25.3 Å². The fraction of sp³-hybridized carbons (Fsp3) is 0. The molecule has 0 amide bonds. The SMILES string of the molecule is C=CC=CC(=C)C(=O)O.[NaH]. The van der Waals surface area contributed by atoms with Crippen LogP contribution >= 0.6 is 0 Å². The van der Waals surface area contributed by atoms with Crippen LogP contribution in [0.3, 0.4) is 0 Å². The van der Waals surface area contributed by atoms with E-state index in [0.29, 0.717) is 0 Å². The van der Waals surface area contributed by atoms with E-state index in [4.69, 9.17) is 5.11 Å². The van der Waals surface area contributed by atoms with E-state index in [-0.39, 0.29) is 35.1 Å². The van der Waals surface area contributed by atoms with Gasteiger partial charge in [0.2, 0.25) is 0 Å². The van der Waals surface area contributed by atoms with Gasteiger partial charge in [0.05, 0.1) is 5.57 Å². The van der Waals surface area contributed by atoms with Gasteiger partial charge in [0, 0.05) is 0 Å². The van der Waals surface area contributed by atoms with Crippen LogP contribution < -0.4 is 0 Å². The summed E-state index contributed by atoms with van der Waals surface area (Å²) in [4.78, 5) is 10.0. The average molecular weight is 148 g/mol. The van der Waals surface area contributed by atoms with Crippen molar-refractivity contribution in [3.63, 3.8) is 0 Å². The number of allylic oxidation sites excluding steroid dienone is 2. The second kappa shape index (κ2) is 6.81. The first-order chi connectivity index (χ1) is 4.18. The van der Waals surface area contributed by atoms with Gasteiger partial charge in [0.25, 0.3) is 0 Å². The van der Waals surface area contributed by atoms with Crippen LogP contribution in [-0.4, -0.2) is 40.6 Å². The van der Waals surface area contributed by atoms with Crippen molar-refractivity contribution < 1.29 is 9.90 Å². The summed E-state index contributed by atoms with van der Waals surface area (Å²) >= 11 is 0. The van der Waals surface area contributed by atoms with Crippen molar-refractivity contribution in [2.75, 3.05) is 0 Å². The quantitative estimate of drug-likeness (QED) is 0.364. The zero-order valence-electron chi connectivity index (χ0n) is 5.00. The van der Waals surface area contributed by atoms with Gasteiger partial charge in [-0.15, -0.1) is 0 Å². The summed E-state index contributed by atoms with van der Waals surface area (Å²) in [7, 11) is 0. The number of carbonyl (C=O) groups is 1. The molecule has 0 saturated carbocycles. The predicted octanol–water partition coefficient (Wildman–Crippen LogP) is 0.721. The molecule has 0 aliphatic heterocycles. The van der Waals surface area contributed by atoms with Gasteiger partial charge in [-0.05, 0) is 6.08 Å². The van der Waals surface area contributed by atoms with Gasteiger partial charge in [-0.25, -0.2) is 4.79 Å². The molecule has 0 heterocycles. The third-order valence-corrected chi connectivity index (χ3v) is 0.708. The molecule has 0 saturated heterocycles. The van der Waals surface area contributed by atoms with E-state index in [9.17, 15) is 4.79 Å². The van der Waals surface area contributed by atoms with Crippen molar-refractivity contribution >= 4 is 35.5 Å². The van der Waals surface area contributed by atoms with Crippen molar-refractivity contribution in [3.8, 4) is 0 Å². The summed E-state index contributed by atoms with van der Waals surface area (Å²) < 4.78 is 0. The standard InChI is InChI=1S/C7H8O2.Na.H/c1-3-4-5-6(2)7(8)9;;/h3-5H,1-2H2,(H,8,9);;. The molecule has 0 aromatic heterocycles. The Morgan fingerprint density at radius 2 is 2.00 bits per heavy atom. The van der Waals surface area contributed by atoms with Crippen LogP contribution in [0.15, 0.2) is 37.0 Å². The molecule has 0 atom stereocenters. The van der Waals surface area contributed by atoms with Crippen molar-refractivity contribution in [1.29, 1.82) is 0 Å². The van der Waals surface area contributed by atoms with Gasteiger partial charge in [-0.2, -0.15) is 0 Å². The van der Waals surface area contributed by atoms with E-state index in [1.165, 1.54) is 18.2 Å². The topological polar surface area (TPSA) is 37.3 Å². The molecule has 2 nitrogen and oxygen atoms in total. The van der Waals surface area contributed by atoms with Gasteiger partial charge < -0.3 is 5.11 Å². The molecule has 0 aromatic rings. The first-order valence-corrected chi connectivity index (χ1v) is 2.39. The van der Waals surface area contributed by atoms with Crippen molar-refractivity contribution in [2.24, 2.45) is 0 Å². The minimum absolute atomic E-state index is 0. The fourth-order valence-corrected chi connectivity index (χ4v) is 0.255. The molecule has 1 N–H and O–H groups in total. The summed E-state index contributed by atoms with van der Waals surface area (Å²) in [6.07, 6.45) is 4.40. The first-order valence-electron chi connectivity index (χ1n) is 2.39. The fourth-order valence-electron chi connectivity index (χ4n) is 0.255. The molecule has 0 spiro atoms. The molecule has 3 heteroatoms. The summed E-state index contributed by atoms with van der Waals surface area (Å²) in [5.74, 6) is -1.01. The Labute approximate surface area is 82.2 Å². The number of hydrogen-bond acceptors (Lipinski definition) is 1. The zero-order valence-corrected chi connectivity index (χ0v) is 5.00. The van der Waals surface area contributed by atoms with E-state index < -0.39 is 5.97 Å². The van der Waals surface area contributed by atoms with Crippen LogP contribution in [-0.2, 0) is 4.79 Å². The minimum atomic E-state index is -1.01. The summed E-state index contributed by atoms with van der Waals surface area (Å²) in [6, 6.07) is 0. The molecule has 0 radical (unpaired) electrons. The number of carboxylic acid groups (broad SMARTS) is 1. The van der Waals surface area contributed by atoms with Crippen LogP contribution in [0.25, 0.3) is 0 Å². The molecule has 0 aliphatic rings. The number of hydrogen-bond donors (Lipinski definition) is 1. The summed E-state index contributed by atoms with van der Waals surface area (Å²) in [6.45, 7) is 6.63. The van der Waals surface area contributed by atoms with Crippen molar-refractivity contribution in [2.45, 2.75) is 0 Å². The maximum atomic E-state index is 10.0. The van der Waals surface area contributed by atoms with Gasteiger partial charge in [0.15, 0.2) is 0 Å². The number of rotatable bonds is 3. The van der Waals surface area contributed by atoms with Crippen molar-refractivity contribution in [3.05, 3.63) is 37.0 Å². The van der Waals surface area contributed by atoms with Crippen LogP contribution in [0.5, 0.6) is 0 Å². The molecule has 0 rings (SSSR count). The average Bonchev–Trinajstić information content (AvgIpc) is 1.82. The Morgan fingerprint density at radius 1 is 1.50 bits per heavy atom. The van der Waals surface area contributed by atoms with Crippen LogP contribution in [0.2, 0.25) is 0 Å². The Kier molecular flexibility index (Phi) is 8.42. The van der Waals surface area contributed by atoms with Crippen LogP contribution in [0.1, 0.15) is 0 Å². The Morgan fingerprint density at radius 3 is 2.30 bits per heavy atom. The Balaban J connectivity index is 0. The van der Waals surface area contributed by atoms with Gasteiger partial charge in [-0.3, -0.25) is 0 Å². The van der Waals surface area contributed by atoms with E-state index in [0.717, 1.165) is 0 Å². The third-order valence-electron chi connectivity index (χ3n) is 0.708. The molecule has 0 fully saturated rings. The number of carboxylic acids is 1. The summed E-state index contributed by atoms with van der Waals surface area (Å²) in [5, 5.41) is 8.22. The van der Waals surface area contributed by atoms with Gasteiger partial charge in [0.1, 0.15) is 0 Å². The Hall–Kier alpha value is -0.310. The molecule has 10 heavy (non-hydrogen) atoms. The molecule has 0 aliphatic carbocycles. The second-order valence-electron chi connectivity index (χ2n) is 1.43. The zero-order chi connectivity index (χ0) is 7.28. The second-order valence-corrected chi connectivity index (χ2v) is 1.43. The van der Waals surface area contributed by atoms with E-state index in [1.54, 1.807) is 0 Å². The monoisotopic (exact) mass is 148 g/mol. The van der Waals surface area contributed by atoms with Crippen LogP contribution in [0, 0.1) is 0 Å². The molecule has 0 unspecified atom stereocenters. The molecule has 0 bridgehead atoms. The predicted molar refractivity (Wildman–Crippen MR) is 43.3 cm³/mol. The molecular weight excluding hydrogens is 139 g/mol. The number of aliphatic carboxylic acids is 1. The molecule has 50 valence electrons. The molecule has 0 aromatic carbocycles. The third kappa shape index (κ3) is 5.82. The van der Waals surface area contributed by atoms with Crippen molar-refractivity contribution in [1.82, 2.24) is 0 Å². The maximum absolute atomic E-state index is 10.0. The van der Waals surface area contributed by atoms with Crippen LogP contribution in [0.4, 0.5) is 0 Å². The normalized spacial score (nSPS) is 8.40. The van der Waals surface area contributed by atoms with E-state index >= 15 is 0 Å². The molecular formula is C7H9NaO2. The van der Waals surface area contributed by atoms with E-state index in [1.807, 2.05) is 0 Å². The van der Waals surface area contributed by atoms with Gasteiger partial charge >= 0.3 is 35.5 Å². The van der Waals surface area contributed by atoms with E-state index in [2.05, 4.69) is 13.2 Å².